The van der Waals surface area contributed by atoms with E-state index in [1.165, 1.54) is 0 Å². The Hall–Kier alpha value is -0.170. The van der Waals surface area contributed by atoms with Crippen molar-refractivity contribution < 1.29 is 13.2 Å². The third kappa shape index (κ3) is 6.35. The fourth-order valence-corrected chi connectivity index (χ4v) is 3.34. The summed E-state index contributed by atoms with van der Waals surface area (Å²) in [5, 5.41) is 0. The van der Waals surface area contributed by atoms with Gasteiger partial charge in [-0.25, -0.2) is 13.1 Å². The van der Waals surface area contributed by atoms with Crippen molar-refractivity contribution in [2.75, 3.05) is 18.9 Å². The molecule has 1 aliphatic heterocycles. The minimum absolute atomic E-state index is 0.0569. The topological polar surface area (TPSA) is 81.4 Å². The smallest absolute Gasteiger partial charge is 0.214 e. The van der Waals surface area contributed by atoms with E-state index in [2.05, 4.69) is 18.6 Å². The first kappa shape index (κ1) is 14.9. The minimum Gasteiger partial charge on any atom is -0.377 e. The van der Waals surface area contributed by atoms with Gasteiger partial charge in [0.15, 0.2) is 0 Å². The molecule has 1 aliphatic rings. The van der Waals surface area contributed by atoms with Crippen LogP contribution in [0.5, 0.6) is 0 Å². The average Bonchev–Trinajstić information content (AvgIpc) is 2.66. The number of hydrogen-bond donors (Lipinski definition) is 2. The molecular formula is C11H24N2O3S. The largest absolute Gasteiger partial charge is 0.377 e. The second-order valence-electron chi connectivity index (χ2n) is 5.15. The number of rotatable bonds is 7. The molecule has 3 N–H and O–H groups in total. The van der Waals surface area contributed by atoms with Crippen molar-refractivity contribution in [1.82, 2.24) is 4.72 Å². The standard InChI is InChI=1S/C11H24N2O3S/c1-9(2)6-10(12)7-13-17(14,15)8-11-4-3-5-16-11/h9-11,13H,3-8,12H2,1-2H3. The number of nitrogens with one attached hydrogen (secondary N) is 1. The molecule has 0 bridgehead atoms. The van der Waals surface area contributed by atoms with Crippen LogP contribution in [0.1, 0.15) is 33.1 Å². The Labute approximate surface area is 104 Å². The van der Waals surface area contributed by atoms with Crippen molar-refractivity contribution in [2.24, 2.45) is 11.7 Å². The highest BCUT2D eigenvalue weighted by atomic mass is 32.2. The molecule has 0 aromatic heterocycles. The summed E-state index contributed by atoms with van der Waals surface area (Å²) in [5.74, 6) is 0.536. The molecule has 2 unspecified atom stereocenters. The van der Waals surface area contributed by atoms with Crippen LogP contribution < -0.4 is 10.5 Å². The zero-order valence-electron chi connectivity index (χ0n) is 10.7. The van der Waals surface area contributed by atoms with Crippen LogP contribution >= 0.6 is 0 Å². The molecule has 0 spiro atoms. The first-order valence-corrected chi connectivity index (χ1v) is 7.89. The maximum Gasteiger partial charge on any atom is 0.214 e. The van der Waals surface area contributed by atoms with Crippen LogP contribution in [0.4, 0.5) is 0 Å². The Kier molecular flexibility index (Phi) is 5.85. The molecule has 1 fully saturated rings. The van der Waals surface area contributed by atoms with Gasteiger partial charge < -0.3 is 10.5 Å². The fourth-order valence-electron chi connectivity index (χ4n) is 2.00. The summed E-state index contributed by atoms with van der Waals surface area (Å²) in [6, 6.07) is -0.116. The van der Waals surface area contributed by atoms with Gasteiger partial charge in [0.05, 0.1) is 11.9 Å². The lowest BCUT2D eigenvalue weighted by Crippen LogP contribution is -2.40. The summed E-state index contributed by atoms with van der Waals surface area (Å²) < 4.78 is 31.3. The van der Waals surface area contributed by atoms with E-state index in [0.29, 0.717) is 19.1 Å². The molecular weight excluding hydrogens is 240 g/mol. The van der Waals surface area contributed by atoms with Crippen LogP contribution in [0.3, 0.4) is 0 Å². The zero-order valence-corrected chi connectivity index (χ0v) is 11.5. The fraction of sp³-hybridized carbons (Fsp3) is 1.00. The SMILES string of the molecule is CC(C)CC(N)CNS(=O)(=O)CC1CCCO1. The lowest BCUT2D eigenvalue weighted by atomic mass is 10.1. The lowest BCUT2D eigenvalue weighted by Gasteiger charge is -2.16. The maximum atomic E-state index is 11.7. The average molecular weight is 264 g/mol. The quantitative estimate of drug-likeness (QED) is 0.700. The van der Waals surface area contributed by atoms with Gasteiger partial charge in [-0.3, -0.25) is 0 Å². The Bertz CT molecular complexity index is 311. The molecule has 0 amide bonds. The van der Waals surface area contributed by atoms with E-state index >= 15 is 0 Å². The van der Waals surface area contributed by atoms with Crippen molar-refractivity contribution in [3.63, 3.8) is 0 Å². The highest BCUT2D eigenvalue weighted by Gasteiger charge is 2.23. The van der Waals surface area contributed by atoms with Gasteiger partial charge >= 0.3 is 0 Å². The molecule has 0 aromatic carbocycles. The molecule has 17 heavy (non-hydrogen) atoms. The molecule has 1 heterocycles. The van der Waals surface area contributed by atoms with E-state index in [0.717, 1.165) is 19.3 Å². The molecule has 102 valence electrons. The predicted molar refractivity (Wildman–Crippen MR) is 68.2 cm³/mol. The van der Waals surface area contributed by atoms with Crippen molar-refractivity contribution >= 4 is 10.0 Å². The van der Waals surface area contributed by atoms with Crippen LogP contribution in [0, 0.1) is 5.92 Å². The summed E-state index contributed by atoms with van der Waals surface area (Å²) in [6.45, 7) is 5.13. The number of nitrogens with two attached hydrogens (primary N) is 1. The van der Waals surface area contributed by atoms with Crippen molar-refractivity contribution in [2.45, 2.75) is 45.3 Å². The first-order valence-electron chi connectivity index (χ1n) is 6.23. The Morgan fingerprint density at radius 1 is 1.47 bits per heavy atom. The number of ether oxygens (including phenoxy) is 1. The van der Waals surface area contributed by atoms with Gasteiger partial charge in [0.1, 0.15) is 0 Å². The lowest BCUT2D eigenvalue weighted by molar-refractivity contribution is 0.127. The van der Waals surface area contributed by atoms with E-state index in [9.17, 15) is 8.42 Å². The zero-order chi connectivity index (χ0) is 12.9. The highest BCUT2D eigenvalue weighted by molar-refractivity contribution is 7.89. The second-order valence-corrected chi connectivity index (χ2v) is 7.01. The number of hydrogen-bond acceptors (Lipinski definition) is 4. The van der Waals surface area contributed by atoms with Crippen LogP contribution in [0.25, 0.3) is 0 Å². The van der Waals surface area contributed by atoms with Crippen LogP contribution in [0.2, 0.25) is 0 Å². The summed E-state index contributed by atoms with van der Waals surface area (Å²) in [5.41, 5.74) is 5.83. The summed E-state index contributed by atoms with van der Waals surface area (Å²) >= 11 is 0. The van der Waals surface area contributed by atoms with Gasteiger partial charge in [-0.2, -0.15) is 0 Å². The minimum atomic E-state index is -3.25. The monoisotopic (exact) mass is 264 g/mol. The molecule has 2 atom stereocenters. The van der Waals surface area contributed by atoms with Gasteiger partial charge in [-0.05, 0) is 25.2 Å². The molecule has 5 nitrogen and oxygen atoms in total. The Morgan fingerprint density at radius 2 is 2.18 bits per heavy atom. The molecule has 1 saturated heterocycles. The van der Waals surface area contributed by atoms with E-state index < -0.39 is 10.0 Å². The van der Waals surface area contributed by atoms with Crippen molar-refractivity contribution in [3.8, 4) is 0 Å². The van der Waals surface area contributed by atoms with E-state index in [1.807, 2.05) is 0 Å². The summed E-state index contributed by atoms with van der Waals surface area (Å²) in [6.07, 6.45) is 2.46. The predicted octanol–water partition coefficient (Wildman–Crippen LogP) is 0.458. The van der Waals surface area contributed by atoms with E-state index in [4.69, 9.17) is 10.5 Å². The van der Waals surface area contributed by atoms with Gasteiger partial charge in [-0.1, -0.05) is 13.8 Å². The van der Waals surface area contributed by atoms with E-state index in [1.54, 1.807) is 0 Å². The van der Waals surface area contributed by atoms with Gasteiger partial charge in [0.25, 0.3) is 0 Å². The van der Waals surface area contributed by atoms with E-state index in [-0.39, 0.29) is 17.9 Å². The first-order chi connectivity index (χ1) is 7.89. The summed E-state index contributed by atoms with van der Waals surface area (Å²) in [4.78, 5) is 0. The van der Waals surface area contributed by atoms with Gasteiger partial charge in [0, 0.05) is 19.2 Å². The molecule has 0 aliphatic carbocycles. The molecule has 0 aromatic rings. The van der Waals surface area contributed by atoms with Crippen LogP contribution in [0.15, 0.2) is 0 Å². The van der Waals surface area contributed by atoms with Gasteiger partial charge in [0.2, 0.25) is 10.0 Å². The van der Waals surface area contributed by atoms with Crippen molar-refractivity contribution in [1.29, 1.82) is 0 Å². The van der Waals surface area contributed by atoms with Crippen LogP contribution in [-0.2, 0) is 14.8 Å². The maximum absolute atomic E-state index is 11.7. The van der Waals surface area contributed by atoms with Crippen molar-refractivity contribution in [3.05, 3.63) is 0 Å². The third-order valence-electron chi connectivity index (χ3n) is 2.77. The molecule has 0 saturated carbocycles. The van der Waals surface area contributed by atoms with Gasteiger partial charge in [-0.15, -0.1) is 0 Å². The number of sulfonamides is 1. The highest BCUT2D eigenvalue weighted by Crippen LogP contribution is 2.13. The molecule has 1 rings (SSSR count). The third-order valence-corrected chi connectivity index (χ3v) is 4.19. The second kappa shape index (κ2) is 6.68. The normalized spacial score (nSPS) is 23.2. The molecule has 0 radical (unpaired) electrons. The summed E-state index contributed by atoms with van der Waals surface area (Å²) in [7, 11) is -3.25. The molecule has 6 heteroatoms. The van der Waals surface area contributed by atoms with Crippen LogP contribution in [-0.4, -0.2) is 39.5 Å². The Morgan fingerprint density at radius 3 is 2.71 bits per heavy atom. The Balaban J connectivity index is 2.28.